The van der Waals surface area contributed by atoms with Crippen LogP contribution < -0.4 is 5.73 Å². The van der Waals surface area contributed by atoms with Crippen LogP contribution in [0.1, 0.15) is 27.0 Å². The molecule has 0 spiro atoms. The Morgan fingerprint density at radius 3 is 2.80 bits per heavy atom. The van der Waals surface area contributed by atoms with Crippen molar-refractivity contribution in [3.8, 4) is 5.75 Å². The van der Waals surface area contributed by atoms with E-state index in [2.05, 4.69) is 4.98 Å². The minimum absolute atomic E-state index is 0.102. The Labute approximate surface area is 184 Å². The zero-order valence-corrected chi connectivity index (χ0v) is 18.1. The van der Waals surface area contributed by atoms with Crippen LogP contribution in [0, 0.1) is 0 Å². The molecule has 0 saturated carbocycles. The highest BCUT2D eigenvalue weighted by atomic mass is 127. The summed E-state index contributed by atoms with van der Waals surface area (Å²) in [6.45, 7) is 0.225. The number of fused-ring (bicyclic) bond motifs is 2. The third-order valence-electron chi connectivity index (χ3n) is 4.87. The van der Waals surface area contributed by atoms with Crippen molar-refractivity contribution in [1.82, 2.24) is 9.88 Å². The zero-order chi connectivity index (χ0) is 22.0. The molecule has 0 radical (unpaired) electrons. The first-order valence-corrected chi connectivity index (χ1v) is 10.1. The van der Waals surface area contributed by atoms with Crippen LogP contribution in [0.4, 0.5) is 8.78 Å². The maximum atomic E-state index is 14.2. The number of hydrogen-bond acceptors (Lipinski definition) is 4. The molecule has 0 aliphatic carbocycles. The van der Waals surface area contributed by atoms with E-state index >= 15 is 0 Å². The Bertz CT molecular complexity index is 1140. The van der Waals surface area contributed by atoms with Crippen molar-refractivity contribution < 1.29 is 23.5 Å². The van der Waals surface area contributed by atoms with Crippen molar-refractivity contribution >= 4 is 45.3 Å². The van der Waals surface area contributed by atoms with E-state index in [-0.39, 0.29) is 47.7 Å². The Balaban J connectivity index is 2.21. The van der Waals surface area contributed by atoms with Gasteiger partial charge < -0.3 is 15.7 Å². The number of nitrogens with zero attached hydrogens (tertiary/aromatic N) is 2. The fraction of sp³-hybridized carbons (Fsp3) is 0.190. The number of aromatic nitrogens is 1. The van der Waals surface area contributed by atoms with Crippen LogP contribution in [-0.4, -0.2) is 33.9 Å². The molecule has 1 aromatic heterocycles. The molecule has 0 saturated heterocycles. The van der Waals surface area contributed by atoms with Crippen LogP contribution in [-0.2, 0) is 24.2 Å². The average Bonchev–Trinajstić information content (AvgIpc) is 3.02. The van der Waals surface area contributed by atoms with Gasteiger partial charge in [-0.1, -0.05) is 6.08 Å². The number of primary amides is 1. The van der Waals surface area contributed by atoms with Crippen LogP contribution in [0.2, 0.25) is 0 Å². The average molecular weight is 525 g/mol. The molecule has 9 heteroatoms. The van der Waals surface area contributed by atoms with Gasteiger partial charge in [-0.05, 0) is 57.0 Å². The molecule has 2 aromatic rings. The molecule has 2 heterocycles. The van der Waals surface area contributed by atoms with E-state index in [1.54, 1.807) is 35.7 Å². The van der Waals surface area contributed by atoms with Gasteiger partial charge in [0.1, 0.15) is 11.3 Å². The number of phenols is 1. The highest BCUT2D eigenvalue weighted by Gasteiger charge is 2.33. The van der Waals surface area contributed by atoms with Crippen LogP contribution in [0.15, 0.2) is 46.2 Å². The van der Waals surface area contributed by atoms with Gasteiger partial charge in [-0.25, -0.2) is 8.78 Å². The predicted molar refractivity (Wildman–Crippen MR) is 117 cm³/mol. The van der Waals surface area contributed by atoms with E-state index in [4.69, 9.17) is 5.73 Å². The van der Waals surface area contributed by atoms with Gasteiger partial charge in [0.05, 0.1) is 18.3 Å². The second-order valence-electron chi connectivity index (χ2n) is 6.87. The molecule has 2 amide bonds. The molecular formula is C21H18F2IN3O3. The van der Waals surface area contributed by atoms with E-state index < -0.39 is 11.7 Å². The number of carbonyl (C=O) groups excluding carboxylic acids is 2. The van der Waals surface area contributed by atoms with Gasteiger partial charge in [0.2, 0.25) is 5.91 Å². The molecular weight excluding hydrogens is 507 g/mol. The number of amides is 2. The third-order valence-corrected chi connectivity index (χ3v) is 5.42. The van der Waals surface area contributed by atoms with E-state index in [9.17, 15) is 23.5 Å². The summed E-state index contributed by atoms with van der Waals surface area (Å²) in [7, 11) is 1.59. The fourth-order valence-corrected chi connectivity index (χ4v) is 3.94. The molecule has 1 aliphatic rings. The van der Waals surface area contributed by atoms with Crippen LogP contribution in [0.25, 0.3) is 10.9 Å². The van der Waals surface area contributed by atoms with Crippen LogP contribution >= 0.6 is 22.6 Å². The monoisotopic (exact) mass is 525 g/mol. The summed E-state index contributed by atoms with van der Waals surface area (Å²) in [6.07, 6.45) is 4.11. The minimum Gasteiger partial charge on any atom is -0.505 e. The molecule has 156 valence electrons. The maximum Gasteiger partial charge on any atom is 0.258 e. The zero-order valence-electron chi connectivity index (χ0n) is 16.0. The summed E-state index contributed by atoms with van der Waals surface area (Å²) < 4.78 is 27.8. The number of nitrogens with two attached hydrogens (primary N) is 1. The Kier molecular flexibility index (Phi) is 6.49. The fourth-order valence-electron chi connectivity index (χ4n) is 3.54. The highest BCUT2D eigenvalue weighted by Crippen LogP contribution is 2.39. The second-order valence-corrected chi connectivity index (χ2v) is 7.49. The minimum atomic E-state index is -0.593. The normalized spacial score (nSPS) is 14.8. The summed E-state index contributed by atoms with van der Waals surface area (Å²) in [5, 5.41) is 11.1. The van der Waals surface area contributed by atoms with E-state index in [1.807, 2.05) is 0 Å². The van der Waals surface area contributed by atoms with Gasteiger partial charge >= 0.3 is 0 Å². The van der Waals surface area contributed by atoms with Gasteiger partial charge in [-0.3, -0.25) is 14.6 Å². The predicted octanol–water partition coefficient (Wildman–Crippen LogP) is 3.75. The highest BCUT2D eigenvalue weighted by molar-refractivity contribution is 14.1. The number of benzene rings is 1. The van der Waals surface area contributed by atoms with E-state index in [1.165, 1.54) is 21.3 Å². The summed E-state index contributed by atoms with van der Waals surface area (Å²) in [5.74, 6) is -1.73. The molecule has 1 aromatic carbocycles. The summed E-state index contributed by atoms with van der Waals surface area (Å²) in [4.78, 5) is 29.8. The van der Waals surface area contributed by atoms with Crippen molar-refractivity contribution in [2.45, 2.75) is 19.4 Å². The lowest BCUT2D eigenvalue weighted by Gasteiger charge is -2.14. The number of rotatable bonds is 6. The molecule has 0 unspecified atom stereocenters. The molecule has 1 aliphatic heterocycles. The van der Waals surface area contributed by atoms with Crippen molar-refractivity contribution in [3.05, 3.63) is 68.5 Å². The van der Waals surface area contributed by atoms with Gasteiger partial charge in [-0.15, -0.1) is 0 Å². The number of carbonyl (C=O) groups is 2. The smallest absolute Gasteiger partial charge is 0.258 e. The lowest BCUT2D eigenvalue weighted by Crippen LogP contribution is -2.17. The van der Waals surface area contributed by atoms with Crippen LogP contribution in [0.5, 0.6) is 5.75 Å². The number of pyridine rings is 1. The number of hydrogen-bond donors (Lipinski definition) is 2. The lowest BCUT2D eigenvalue weighted by molar-refractivity contribution is -0.117. The summed E-state index contributed by atoms with van der Waals surface area (Å²) >= 11 is 1.75. The number of aromatic hydroxyl groups is 1. The number of halogens is 3. The summed E-state index contributed by atoms with van der Waals surface area (Å²) in [5.41, 5.74) is 7.55. The molecule has 3 rings (SSSR count). The molecule has 6 nitrogen and oxygen atoms in total. The van der Waals surface area contributed by atoms with E-state index in [0.717, 1.165) is 6.08 Å². The van der Waals surface area contributed by atoms with Crippen molar-refractivity contribution in [2.75, 3.05) is 7.05 Å². The SMILES string of the molecule is CN1Cc2c(c(O)c3ncc(CC(=C/C=C/F)/C(F)=C\I)cc3c2CC(N)=O)C1=O. The lowest BCUT2D eigenvalue weighted by atomic mass is 9.93. The Hall–Kier alpha value is -2.82. The van der Waals surface area contributed by atoms with Crippen molar-refractivity contribution in [3.63, 3.8) is 0 Å². The third kappa shape index (κ3) is 4.07. The number of phenolic OH excluding ortho intramolecular Hbond substituents is 1. The largest absolute Gasteiger partial charge is 0.505 e. The van der Waals surface area contributed by atoms with E-state index in [0.29, 0.717) is 28.4 Å². The Morgan fingerprint density at radius 1 is 1.43 bits per heavy atom. The molecule has 0 bridgehead atoms. The summed E-state index contributed by atoms with van der Waals surface area (Å²) in [6, 6.07) is 1.68. The first-order valence-electron chi connectivity index (χ1n) is 8.89. The standard InChI is InChI=1S/C21H18F2IN3O3/c1-27-10-15-13(7-17(25)28)14-6-11(5-12(3-2-4-22)16(23)8-24)9-26-19(14)20(29)18(15)21(27)30/h2-4,6,8-9,29H,5,7,10H2,1H3,(H2,25,28)/b4-2+,12-3-,16-8+. The number of allylic oxidation sites excluding steroid dienone is 4. The first-order chi connectivity index (χ1) is 14.3. The van der Waals surface area contributed by atoms with Crippen molar-refractivity contribution in [1.29, 1.82) is 0 Å². The molecule has 3 N–H and O–H groups in total. The van der Waals surface area contributed by atoms with Gasteiger partial charge in [-0.2, -0.15) is 0 Å². The Morgan fingerprint density at radius 2 is 2.17 bits per heavy atom. The van der Waals surface area contributed by atoms with Gasteiger partial charge in [0, 0.05) is 35.7 Å². The van der Waals surface area contributed by atoms with Gasteiger partial charge in [0.15, 0.2) is 5.75 Å². The maximum absolute atomic E-state index is 14.2. The van der Waals surface area contributed by atoms with Gasteiger partial charge in [0.25, 0.3) is 5.91 Å². The topological polar surface area (TPSA) is 96.5 Å². The molecule has 30 heavy (non-hydrogen) atoms. The van der Waals surface area contributed by atoms with Crippen LogP contribution in [0.3, 0.4) is 0 Å². The molecule has 0 fully saturated rings. The molecule has 0 atom stereocenters. The second kappa shape index (κ2) is 8.90. The quantitative estimate of drug-likeness (QED) is 0.444. The first kappa shape index (κ1) is 21.9. The van der Waals surface area contributed by atoms with Crippen molar-refractivity contribution in [2.24, 2.45) is 5.73 Å².